The van der Waals surface area contributed by atoms with Gasteiger partial charge in [-0.3, -0.25) is 19.3 Å². The number of para-hydroxylation sites is 1. The molecule has 0 spiro atoms. The number of aryl methyl sites for hydroxylation is 2. The molecule has 1 heterocycles. The number of carbonyl (C=O) groups excluding carboxylic acids is 3. The molecule has 1 N–H and O–H groups in total. The van der Waals surface area contributed by atoms with E-state index in [1.54, 1.807) is 24.3 Å². The van der Waals surface area contributed by atoms with Crippen molar-refractivity contribution in [3.05, 3.63) is 85.8 Å². The number of thioether (sulfide) groups is 1. The van der Waals surface area contributed by atoms with Gasteiger partial charge in [-0.15, -0.1) is 0 Å². The highest BCUT2D eigenvalue weighted by molar-refractivity contribution is 14.1. The highest BCUT2D eigenvalue weighted by Crippen LogP contribution is 2.37. The van der Waals surface area contributed by atoms with E-state index < -0.39 is 0 Å². The predicted molar refractivity (Wildman–Crippen MR) is 165 cm³/mol. The maximum atomic E-state index is 13.0. The molecule has 1 aliphatic heterocycles. The van der Waals surface area contributed by atoms with Crippen molar-refractivity contribution in [1.29, 1.82) is 0 Å². The number of benzene rings is 3. The molecule has 1 fully saturated rings. The van der Waals surface area contributed by atoms with E-state index in [0.717, 1.165) is 28.6 Å². The third-order valence-corrected chi connectivity index (χ3v) is 7.53. The fourth-order valence-electron chi connectivity index (χ4n) is 3.88. The standard InChI is InChI=1S/C30H29IN2O6S/c1-4-37-25-16-21(15-23(31)28(25)39-18-27(34)32-22-8-6-5-7-9-22)17-26-29(35)33(30(36)40-26)12-13-38-24-14-19(2)10-11-20(24)3/h5-11,14-17H,4,12-13,18H2,1-3H3,(H,32,34)/b26-17-. The summed E-state index contributed by atoms with van der Waals surface area (Å²) in [7, 11) is 0. The van der Waals surface area contributed by atoms with E-state index in [1.165, 1.54) is 4.90 Å². The van der Waals surface area contributed by atoms with E-state index in [-0.39, 0.29) is 36.8 Å². The molecule has 0 aromatic heterocycles. The number of nitrogens with one attached hydrogen (secondary N) is 1. The van der Waals surface area contributed by atoms with Gasteiger partial charge in [0.1, 0.15) is 12.4 Å². The molecular weight excluding hydrogens is 643 g/mol. The molecule has 1 saturated heterocycles. The Morgan fingerprint density at radius 1 is 1.00 bits per heavy atom. The maximum absolute atomic E-state index is 13.0. The molecule has 3 aromatic rings. The Kier molecular flexibility index (Phi) is 10.1. The molecular formula is C30H29IN2O6S. The summed E-state index contributed by atoms with van der Waals surface area (Å²) in [6.07, 6.45) is 1.66. The van der Waals surface area contributed by atoms with Crippen LogP contribution in [0.25, 0.3) is 6.08 Å². The lowest BCUT2D eigenvalue weighted by Crippen LogP contribution is -2.32. The van der Waals surface area contributed by atoms with Crippen LogP contribution in [-0.4, -0.2) is 48.3 Å². The molecule has 0 aliphatic carbocycles. The number of halogens is 1. The normalized spacial score (nSPS) is 14.0. The number of rotatable bonds is 11. The van der Waals surface area contributed by atoms with E-state index in [2.05, 4.69) is 27.9 Å². The molecule has 3 amide bonds. The minimum Gasteiger partial charge on any atom is -0.491 e. The SMILES string of the molecule is CCOc1cc(/C=C2\SC(=O)N(CCOc3cc(C)ccc3C)C2=O)cc(I)c1OCC(=O)Nc1ccccc1. The smallest absolute Gasteiger partial charge is 0.293 e. The topological polar surface area (TPSA) is 94.2 Å². The third-order valence-electron chi connectivity index (χ3n) is 5.82. The van der Waals surface area contributed by atoms with Gasteiger partial charge in [0.15, 0.2) is 18.1 Å². The largest absolute Gasteiger partial charge is 0.491 e. The molecule has 3 aromatic carbocycles. The zero-order valence-electron chi connectivity index (χ0n) is 22.4. The van der Waals surface area contributed by atoms with Gasteiger partial charge in [-0.05, 0) is 108 Å². The minimum atomic E-state index is -0.370. The predicted octanol–water partition coefficient (Wildman–Crippen LogP) is 6.44. The molecule has 0 atom stereocenters. The Labute approximate surface area is 251 Å². The van der Waals surface area contributed by atoms with Crippen LogP contribution in [0.2, 0.25) is 0 Å². The summed E-state index contributed by atoms with van der Waals surface area (Å²) in [6, 6.07) is 18.6. The van der Waals surface area contributed by atoms with Crippen LogP contribution in [0.3, 0.4) is 0 Å². The Balaban J connectivity index is 1.42. The van der Waals surface area contributed by atoms with Gasteiger partial charge in [0.2, 0.25) is 0 Å². The lowest BCUT2D eigenvalue weighted by atomic mass is 10.1. The highest BCUT2D eigenvalue weighted by Gasteiger charge is 2.35. The molecule has 0 saturated carbocycles. The van der Waals surface area contributed by atoms with Gasteiger partial charge in [-0.25, -0.2) is 0 Å². The van der Waals surface area contributed by atoms with Crippen LogP contribution in [0.1, 0.15) is 23.6 Å². The summed E-state index contributed by atoms with van der Waals surface area (Å²) in [6.45, 7) is 6.30. The monoisotopic (exact) mass is 672 g/mol. The van der Waals surface area contributed by atoms with Gasteiger partial charge >= 0.3 is 0 Å². The number of anilines is 1. The van der Waals surface area contributed by atoms with Gasteiger partial charge in [0.05, 0.1) is 21.6 Å². The van der Waals surface area contributed by atoms with Crippen LogP contribution in [0.5, 0.6) is 17.2 Å². The van der Waals surface area contributed by atoms with Gasteiger partial charge in [-0.2, -0.15) is 0 Å². The molecule has 8 nitrogen and oxygen atoms in total. The van der Waals surface area contributed by atoms with Crippen LogP contribution in [-0.2, 0) is 9.59 Å². The zero-order valence-corrected chi connectivity index (χ0v) is 25.3. The number of ether oxygens (including phenoxy) is 3. The zero-order chi connectivity index (χ0) is 28.6. The second kappa shape index (κ2) is 13.7. The van der Waals surface area contributed by atoms with Gasteiger partial charge in [0.25, 0.3) is 17.1 Å². The fraction of sp³-hybridized carbons (Fsp3) is 0.233. The first-order valence-electron chi connectivity index (χ1n) is 12.6. The Hall–Kier alpha value is -3.51. The number of hydrogen-bond donors (Lipinski definition) is 1. The molecule has 0 bridgehead atoms. The third kappa shape index (κ3) is 7.57. The van der Waals surface area contributed by atoms with Crippen molar-refractivity contribution in [2.75, 3.05) is 31.7 Å². The van der Waals surface area contributed by atoms with Crippen molar-refractivity contribution < 1.29 is 28.6 Å². The Morgan fingerprint density at radius 2 is 1.77 bits per heavy atom. The second-order valence-corrected chi connectivity index (χ2v) is 11.1. The average molecular weight is 673 g/mol. The second-order valence-electron chi connectivity index (χ2n) is 8.92. The number of imide groups is 1. The van der Waals surface area contributed by atoms with Gasteiger partial charge in [-0.1, -0.05) is 30.3 Å². The first kappa shape index (κ1) is 29.5. The summed E-state index contributed by atoms with van der Waals surface area (Å²) >= 11 is 2.99. The lowest BCUT2D eigenvalue weighted by Gasteiger charge is -2.15. The molecule has 40 heavy (non-hydrogen) atoms. The summed E-state index contributed by atoms with van der Waals surface area (Å²) in [4.78, 5) is 39.5. The van der Waals surface area contributed by atoms with Crippen LogP contribution < -0.4 is 19.5 Å². The van der Waals surface area contributed by atoms with Gasteiger partial charge < -0.3 is 19.5 Å². The van der Waals surface area contributed by atoms with Crippen LogP contribution in [0.4, 0.5) is 10.5 Å². The summed E-state index contributed by atoms with van der Waals surface area (Å²) < 4.78 is 18.1. The summed E-state index contributed by atoms with van der Waals surface area (Å²) in [5.74, 6) is 0.934. The first-order valence-corrected chi connectivity index (χ1v) is 14.5. The fourth-order valence-corrected chi connectivity index (χ4v) is 5.53. The Morgan fingerprint density at radius 3 is 2.52 bits per heavy atom. The number of amides is 3. The summed E-state index contributed by atoms with van der Waals surface area (Å²) in [5.41, 5.74) is 3.41. The average Bonchev–Trinajstić information content (AvgIpc) is 3.18. The quantitative estimate of drug-likeness (QED) is 0.185. The van der Waals surface area contributed by atoms with Crippen molar-refractivity contribution in [2.45, 2.75) is 20.8 Å². The van der Waals surface area contributed by atoms with Crippen LogP contribution >= 0.6 is 34.4 Å². The summed E-state index contributed by atoms with van der Waals surface area (Å²) in [5, 5.41) is 2.44. The van der Waals surface area contributed by atoms with E-state index in [0.29, 0.717) is 37.8 Å². The van der Waals surface area contributed by atoms with Crippen molar-refractivity contribution in [3.8, 4) is 17.2 Å². The maximum Gasteiger partial charge on any atom is 0.293 e. The number of carbonyl (C=O) groups is 3. The van der Waals surface area contributed by atoms with Crippen molar-refractivity contribution >= 4 is 63.2 Å². The van der Waals surface area contributed by atoms with Crippen molar-refractivity contribution in [1.82, 2.24) is 4.90 Å². The van der Waals surface area contributed by atoms with E-state index in [4.69, 9.17) is 14.2 Å². The molecule has 0 unspecified atom stereocenters. The molecule has 4 rings (SSSR count). The Bertz CT molecular complexity index is 1440. The van der Waals surface area contributed by atoms with Crippen molar-refractivity contribution in [2.24, 2.45) is 0 Å². The molecule has 10 heteroatoms. The van der Waals surface area contributed by atoms with Crippen LogP contribution in [0.15, 0.2) is 65.6 Å². The van der Waals surface area contributed by atoms with Crippen LogP contribution in [0, 0.1) is 17.4 Å². The first-order chi connectivity index (χ1) is 19.2. The highest BCUT2D eigenvalue weighted by atomic mass is 127. The molecule has 208 valence electrons. The number of hydrogen-bond acceptors (Lipinski definition) is 7. The molecule has 1 aliphatic rings. The van der Waals surface area contributed by atoms with Gasteiger partial charge in [0, 0.05) is 5.69 Å². The molecule has 0 radical (unpaired) electrons. The van der Waals surface area contributed by atoms with E-state index in [9.17, 15) is 14.4 Å². The lowest BCUT2D eigenvalue weighted by molar-refractivity contribution is -0.123. The minimum absolute atomic E-state index is 0.148. The number of nitrogens with zero attached hydrogens (tertiary/aromatic N) is 1. The van der Waals surface area contributed by atoms with E-state index in [1.807, 2.05) is 63.2 Å². The van der Waals surface area contributed by atoms with E-state index >= 15 is 0 Å². The van der Waals surface area contributed by atoms with Crippen molar-refractivity contribution in [3.63, 3.8) is 0 Å².